The zero-order chi connectivity index (χ0) is 17.6. The zero-order valence-electron chi connectivity index (χ0n) is 13.8. The molecule has 0 atom stereocenters. The Morgan fingerprint density at radius 2 is 1.04 bits per heavy atom. The zero-order valence-corrected chi connectivity index (χ0v) is 14.8. The van der Waals surface area contributed by atoms with E-state index < -0.39 is 15.2 Å². The van der Waals surface area contributed by atoms with E-state index in [0.717, 1.165) is 0 Å². The van der Waals surface area contributed by atoms with Gasteiger partial charge in [-0.1, -0.05) is 36.4 Å². The van der Waals surface area contributed by atoms with Crippen molar-refractivity contribution in [3.8, 4) is 0 Å². The molecule has 0 amide bonds. The van der Waals surface area contributed by atoms with E-state index in [1.165, 1.54) is 11.1 Å². The standard InChI is InChI=1S/C17H21P.BF4/c1-13(2)18(16-11-7-5-9-14(16)3)17-12-8-6-10-15(17)4;2-1(3,4)5/h5-13H,1-4H3;/q;-1/p+1. The Bertz CT molecular complexity index is 574. The van der Waals surface area contributed by atoms with Crippen LogP contribution < -0.4 is 10.6 Å². The molecule has 0 bridgehead atoms. The van der Waals surface area contributed by atoms with Gasteiger partial charge in [0.1, 0.15) is 0 Å². The summed E-state index contributed by atoms with van der Waals surface area (Å²) < 4.78 is 39.0. The van der Waals surface area contributed by atoms with Gasteiger partial charge in [-0.15, -0.1) is 0 Å². The van der Waals surface area contributed by atoms with E-state index >= 15 is 0 Å². The third-order valence-electron chi connectivity index (χ3n) is 3.45. The predicted octanol–water partition coefficient (Wildman–Crippen LogP) is 5.18. The van der Waals surface area contributed by atoms with Crippen LogP contribution in [-0.2, 0) is 0 Å². The van der Waals surface area contributed by atoms with E-state index in [4.69, 9.17) is 0 Å². The Balaban J connectivity index is 0.000000463. The first-order valence-corrected chi connectivity index (χ1v) is 9.05. The van der Waals surface area contributed by atoms with Crippen molar-refractivity contribution in [1.29, 1.82) is 0 Å². The number of halogens is 4. The third-order valence-corrected chi connectivity index (χ3v) is 6.89. The first-order chi connectivity index (χ1) is 10.6. The highest BCUT2D eigenvalue weighted by Gasteiger charge is 2.28. The molecule has 2 rings (SSSR count). The minimum atomic E-state index is -6.00. The average Bonchev–Trinajstić information content (AvgIpc) is 2.41. The molecule has 23 heavy (non-hydrogen) atoms. The number of rotatable bonds is 3. The minimum Gasteiger partial charge on any atom is -0.418 e. The van der Waals surface area contributed by atoms with E-state index in [2.05, 4.69) is 76.2 Å². The van der Waals surface area contributed by atoms with E-state index in [0.29, 0.717) is 5.66 Å². The summed E-state index contributed by atoms with van der Waals surface area (Å²) in [5, 5.41) is 3.12. The Hall–Kier alpha value is -1.35. The van der Waals surface area contributed by atoms with Crippen molar-refractivity contribution in [1.82, 2.24) is 0 Å². The number of aryl methyl sites for hydroxylation is 2. The molecule has 2 aromatic carbocycles. The van der Waals surface area contributed by atoms with E-state index in [1.807, 2.05) is 0 Å². The summed E-state index contributed by atoms with van der Waals surface area (Å²) in [7, 11) is -6.68. The second-order valence-corrected chi connectivity index (χ2v) is 8.75. The second kappa shape index (κ2) is 8.49. The van der Waals surface area contributed by atoms with Crippen LogP contribution in [0.5, 0.6) is 0 Å². The molecule has 0 aromatic heterocycles. The topological polar surface area (TPSA) is 0 Å². The lowest BCUT2D eigenvalue weighted by molar-refractivity contribution is 0.368. The van der Waals surface area contributed by atoms with E-state index in [1.54, 1.807) is 10.6 Å². The van der Waals surface area contributed by atoms with Gasteiger partial charge in [0.25, 0.3) is 0 Å². The van der Waals surface area contributed by atoms with Gasteiger partial charge in [0.15, 0.2) is 0 Å². The van der Waals surface area contributed by atoms with Crippen molar-refractivity contribution >= 4 is 25.8 Å². The fourth-order valence-electron chi connectivity index (χ4n) is 2.52. The molecule has 0 spiro atoms. The summed E-state index contributed by atoms with van der Waals surface area (Å²) in [5.41, 5.74) is 3.57. The van der Waals surface area contributed by atoms with Crippen molar-refractivity contribution in [3.05, 3.63) is 59.7 Å². The molecule has 0 radical (unpaired) electrons. The monoisotopic (exact) mass is 344 g/mol. The Labute approximate surface area is 136 Å². The lowest BCUT2D eigenvalue weighted by atomic mass is 10.2. The van der Waals surface area contributed by atoms with Gasteiger partial charge in [0, 0.05) is 0 Å². The molecule has 0 nitrogen and oxygen atoms in total. The molecule has 0 aliphatic carbocycles. The maximum absolute atomic E-state index is 9.75. The van der Waals surface area contributed by atoms with Crippen LogP contribution in [0.4, 0.5) is 17.3 Å². The molecule has 0 saturated heterocycles. The van der Waals surface area contributed by atoms with Crippen LogP contribution in [0.15, 0.2) is 48.5 Å². The van der Waals surface area contributed by atoms with Gasteiger partial charge in [-0.3, -0.25) is 0 Å². The summed E-state index contributed by atoms with van der Waals surface area (Å²) in [5.74, 6) is 0. The summed E-state index contributed by atoms with van der Waals surface area (Å²) >= 11 is 0. The van der Waals surface area contributed by atoms with Crippen LogP contribution in [0.1, 0.15) is 25.0 Å². The molecule has 126 valence electrons. The number of hydrogen-bond acceptors (Lipinski definition) is 0. The quantitative estimate of drug-likeness (QED) is 0.409. The summed E-state index contributed by atoms with van der Waals surface area (Å²) in [6.07, 6.45) is 0. The molecule has 0 saturated carbocycles. The van der Waals surface area contributed by atoms with Gasteiger partial charge in [-0.05, 0) is 51.0 Å². The van der Waals surface area contributed by atoms with Gasteiger partial charge >= 0.3 is 7.25 Å². The highest BCUT2D eigenvalue weighted by molar-refractivity contribution is 7.73. The normalized spacial score (nSPS) is 11.4. The van der Waals surface area contributed by atoms with Gasteiger partial charge in [-0.25, -0.2) is 0 Å². The minimum absolute atomic E-state index is 0.677. The van der Waals surface area contributed by atoms with Crippen molar-refractivity contribution in [2.45, 2.75) is 33.4 Å². The first-order valence-electron chi connectivity index (χ1n) is 7.47. The highest BCUT2D eigenvalue weighted by Crippen LogP contribution is 2.40. The molecule has 2 aromatic rings. The van der Waals surface area contributed by atoms with Crippen molar-refractivity contribution in [2.75, 3.05) is 0 Å². The molecule has 0 heterocycles. The molecule has 0 aliphatic rings. The van der Waals surface area contributed by atoms with E-state index in [9.17, 15) is 17.3 Å². The summed E-state index contributed by atoms with van der Waals surface area (Å²) in [4.78, 5) is 0. The lowest BCUT2D eigenvalue weighted by Crippen LogP contribution is -2.21. The van der Waals surface area contributed by atoms with Crippen molar-refractivity contribution in [2.24, 2.45) is 0 Å². The van der Waals surface area contributed by atoms with E-state index in [-0.39, 0.29) is 0 Å². The van der Waals surface area contributed by atoms with Crippen LogP contribution in [0, 0.1) is 13.8 Å². The lowest BCUT2D eigenvalue weighted by Gasteiger charge is -2.17. The molecular weight excluding hydrogens is 322 g/mol. The van der Waals surface area contributed by atoms with Gasteiger partial charge in [0.05, 0.1) is 24.2 Å². The number of benzene rings is 2. The fraction of sp³-hybridized carbons (Fsp3) is 0.294. The molecular formula is C17H22BF4P. The van der Waals surface area contributed by atoms with Crippen molar-refractivity contribution < 1.29 is 17.3 Å². The van der Waals surface area contributed by atoms with Gasteiger partial charge < -0.3 is 17.3 Å². The molecule has 6 heteroatoms. The van der Waals surface area contributed by atoms with Crippen LogP contribution in [0.25, 0.3) is 0 Å². The summed E-state index contributed by atoms with van der Waals surface area (Å²) in [6, 6.07) is 17.7. The van der Waals surface area contributed by atoms with Crippen LogP contribution >= 0.6 is 7.92 Å². The molecule has 0 fully saturated rings. The fourth-order valence-corrected chi connectivity index (χ4v) is 5.62. The van der Waals surface area contributed by atoms with Crippen LogP contribution in [0.2, 0.25) is 0 Å². The largest absolute Gasteiger partial charge is 0.673 e. The molecule has 0 N–H and O–H groups in total. The van der Waals surface area contributed by atoms with Crippen molar-refractivity contribution in [3.63, 3.8) is 0 Å². The maximum atomic E-state index is 9.75. The Morgan fingerprint density at radius 3 is 1.30 bits per heavy atom. The Kier molecular flexibility index (Phi) is 7.27. The average molecular weight is 344 g/mol. The SMILES string of the molecule is Cc1ccccc1[PH+](c1ccccc1C)C(C)C.F[B-](F)(F)F. The smallest absolute Gasteiger partial charge is 0.418 e. The predicted molar refractivity (Wildman–Crippen MR) is 95.3 cm³/mol. The molecule has 0 aliphatic heterocycles. The summed E-state index contributed by atoms with van der Waals surface area (Å²) in [6.45, 7) is 9.18. The Morgan fingerprint density at radius 1 is 0.739 bits per heavy atom. The molecule has 0 unspecified atom stereocenters. The highest BCUT2D eigenvalue weighted by atomic mass is 31.1. The van der Waals surface area contributed by atoms with Crippen LogP contribution in [-0.4, -0.2) is 12.9 Å². The third kappa shape index (κ3) is 6.74. The second-order valence-electron chi connectivity index (χ2n) is 5.69. The maximum Gasteiger partial charge on any atom is 0.673 e. The van der Waals surface area contributed by atoms with Crippen LogP contribution in [0.3, 0.4) is 0 Å². The first kappa shape index (κ1) is 19.7. The van der Waals surface area contributed by atoms with Gasteiger partial charge in [0.2, 0.25) is 0 Å². The number of hydrogen-bond donors (Lipinski definition) is 0. The van der Waals surface area contributed by atoms with Gasteiger partial charge in [-0.2, -0.15) is 0 Å².